The molecule has 0 saturated carbocycles. The number of hydrogen-bond acceptors (Lipinski definition) is 2. The van der Waals surface area contributed by atoms with Gasteiger partial charge in [0.2, 0.25) is 0 Å². The smallest absolute Gasteiger partial charge is 0.118 e. The number of aryl methyl sites for hydroxylation is 2. The third-order valence-electron chi connectivity index (χ3n) is 2.55. The molecule has 82 valence electrons. The van der Waals surface area contributed by atoms with Crippen molar-refractivity contribution in [2.75, 3.05) is 0 Å². The van der Waals surface area contributed by atoms with Gasteiger partial charge in [0, 0.05) is 4.88 Å². The number of phenols is 1. The van der Waals surface area contributed by atoms with Crippen LogP contribution >= 0.6 is 11.3 Å². The van der Waals surface area contributed by atoms with Gasteiger partial charge in [-0.15, -0.1) is 11.3 Å². The Labute approximate surface area is 99.7 Å². The van der Waals surface area contributed by atoms with Gasteiger partial charge in [-0.05, 0) is 60.2 Å². The summed E-state index contributed by atoms with van der Waals surface area (Å²) in [6, 6.07) is 7.75. The van der Waals surface area contributed by atoms with Gasteiger partial charge in [0.15, 0.2) is 0 Å². The van der Waals surface area contributed by atoms with Crippen molar-refractivity contribution in [2.24, 2.45) is 0 Å². The zero-order chi connectivity index (χ0) is 11.5. The molecular weight excluding hydrogens is 216 g/mol. The molecule has 1 aromatic carbocycles. The molecule has 0 bridgehead atoms. The quantitative estimate of drug-likeness (QED) is 0.818. The molecule has 16 heavy (non-hydrogen) atoms. The van der Waals surface area contributed by atoms with Crippen molar-refractivity contribution < 1.29 is 5.11 Å². The van der Waals surface area contributed by atoms with Crippen LogP contribution in [0.5, 0.6) is 5.75 Å². The first kappa shape index (κ1) is 11.0. The second-order valence-corrected chi connectivity index (χ2v) is 4.79. The molecule has 0 unspecified atom stereocenters. The summed E-state index contributed by atoms with van der Waals surface area (Å²) in [6.07, 6.45) is 4.19. The lowest BCUT2D eigenvalue weighted by Gasteiger charge is -1.99. The SMILES string of the molecule is Cc1cc(C=Cc2sccc2C)ccc1O. The highest BCUT2D eigenvalue weighted by Crippen LogP contribution is 2.21. The molecule has 0 radical (unpaired) electrons. The van der Waals surface area contributed by atoms with E-state index in [0.717, 1.165) is 11.1 Å². The van der Waals surface area contributed by atoms with Gasteiger partial charge in [-0.1, -0.05) is 12.1 Å². The maximum atomic E-state index is 9.42. The Hall–Kier alpha value is -1.54. The van der Waals surface area contributed by atoms with Gasteiger partial charge in [-0.25, -0.2) is 0 Å². The molecule has 0 aliphatic rings. The summed E-state index contributed by atoms with van der Waals surface area (Å²) in [5.41, 5.74) is 3.32. The van der Waals surface area contributed by atoms with Crippen LogP contribution in [0.2, 0.25) is 0 Å². The number of benzene rings is 1. The van der Waals surface area contributed by atoms with Gasteiger partial charge < -0.3 is 5.11 Å². The Morgan fingerprint density at radius 2 is 1.88 bits per heavy atom. The summed E-state index contributed by atoms with van der Waals surface area (Å²) in [5.74, 6) is 0.351. The summed E-state index contributed by atoms with van der Waals surface area (Å²) in [7, 11) is 0. The number of rotatable bonds is 2. The summed E-state index contributed by atoms with van der Waals surface area (Å²) in [6.45, 7) is 4.02. The molecule has 0 fully saturated rings. The molecule has 0 aliphatic carbocycles. The minimum atomic E-state index is 0.351. The van der Waals surface area contributed by atoms with E-state index in [-0.39, 0.29) is 0 Å². The van der Waals surface area contributed by atoms with Gasteiger partial charge in [0.25, 0.3) is 0 Å². The van der Waals surface area contributed by atoms with Crippen molar-refractivity contribution in [2.45, 2.75) is 13.8 Å². The molecular formula is C14H14OS. The van der Waals surface area contributed by atoms with Crippen LogP contribution in [0.25, 0.3) is 12.2 Å². The van der Waals surface area contributed by atoms with Gasteiger partial charge in [0.05, 0.1) is 0 Å². The van der Waals surface area contributed by atoms with Gasteiger partial charge in [-0.3, -0.25) is 0 Å². The summed E-state index contributed by atoms with van der Waals surface area (Å²) < 4.78 is 0. The third kappa shape index (κ3) is 2.34. The second kappa shape index (κ2) is 4.54. The molecule has 2 rings (SSSR count). The lowest BCUT2D eigenvalue weighted by atomic mass is 10.1. The van der Waals surface area contributed by atoms with Gasteiger partial charge >= 0.3 is 0 Å². The van der Waals surface area contributed by atoms with E-state index in [1.54, 1.807) is 17.4 Å². The average molecular weight is 230 g/mol. The van der Waals surface area contributed by atoms with E-state index in [1.165, 1.54) is 10.4 Å². The first-order chi connectivity index (χ1) is 7.66. The van der Waals surface area contributed by atoms with Crippen LogP contribution in [0.1, 0.15) is 21.6 Å². The van der Waals surface area contributed by atoms with E-state index >= 15 is 0 Å². The largest absolute Gasteiger partial charge is 0.508 e. The average Bonchev–Trinajstić information content (AvgIpc) is 2.66. The van der Waals surface area contributed by atoms with E-state index in [2.05, 4.69) is 30.5 Å². The monoisotopic (exact) mass is 230 g/mol. The predicted octanol–water partition coefficient (Wildman–Crippen LogP) is 4.24. The molecule has 0 aliphatic heterocycles. The molecule has 1 heterocycles. The van der Waals surface area contributed by atoms with Crippen LogP contribution in [-0.2, 0) is 0 Å². The van der Waals surface area contributed by atoms with Crippen LogP contribution in [0.15, 0.2) is 29.6 Å². The second-order valence-electron chi connectivity index (χ2n) is 3.85. The fourth-order valence-electron chi connectivity index (χ4n) is 1.51. The Bertz CT molecular complexity index is 523. The Balaban J connectivity index is 2.24. The highest BCUT2D eigenvalue weighted by molar-refractivity contribution is 7.11. The van der Waals surface area contributed by atoms with E-state index in [1.807, 2.05) is 19.1 Å². The fourth-order valence-corrected chi connectivity index (χ4v) is 2.33. The number of hydrogen-bond donors (Lipinski definition) is 1. The molecule has 1 N–H and O–H groups in total. The standard InChI is InChI=1S/C14H14OS/c1-10-7-8-16-14(10)6-4-12-3-5-13(15)11(2)9-12/h3-9,15H,1-2H3. The Kier molecular flexibility index (Phi) is 3.11. The Morgan fingerprint density at radius 1 is 1.06 bits per heavy atom. The van der Waals surface area contributed by atoms with E-state index in [4.69, 9.17) is 0 Å². The van der Waals surface area contributed by atoms with Crippen LogP contribution < -0.4 is 0 Å². The van der Waals surface area contributed by atoms with E-state index in [0.29, 0.717) is 5.75 Å². The summed E-state index contributed by atoms with van der Waals surface area (Å²) >= 11 is 1.74. The Morgan fingerprint density at radius 3 is 2.50 bits per heavy atom. The van der Waals surface area contributed by atoms with E-state index in [9.17, 15) is 5.11 Å². The van der Waals surface area contributed by atoms with Crippen molar-refractivity contribution in [3.05, 3.63) is 51.2 Å². The summed E-state index contributed by atoms with van der Waals surface area (Å²) in [5, 5.41) is 11.5. The van der Waals surface area contributed by atoms with E-state index < -0.39 is 0 Å². The normalized spacial score (nSPS) is 11.1. The van der Waals surface area contributed by atoms with Crippen molar-refractivity contribution in [3.8, 4) is 5.75 Å². The molecule has 1 nitrogen and oxygen atoms in total. The zero-order valence-electron chi connectivity index (χ0n) is 9.40. The maximum absolute atomic E-state index is 9.42. The third-order valence-corrected chi connectivity index (χ3v) is 3.53. The highest BCUT2D eigenvalue weighted by Gasteiger charge is 1.97. The molecule has 2 aromatic rings. The van der Waals surface area contributed by atoms with Gasteiger partial charge in [-0.2, -0.15) is 0 Å². The number of thiophene rings is 1. The lowest BCUT2D eigenvalue weighted by Crippen LogP contribution is -1.77. The zero-order valence-corrected chi connectivity index (χ0v) is 10.2. The minimum Gasteiger partial charge on any atom is -0.508 e. The highest BCUT2D eigenvalue weighted by atomic mass is 32.1. The summed E-state index contributed by atoms with van der Waals surface area (Å²) in [4.78, 5) is 1.28. The topological polar surface area (TPSA) is 20.2 Å². The first-order valence-electron chi connectivity index (χ1n) is 5.18. The van der Waals surface area contributed by atoms with Crippen LogP contribution in [0.4, 0.5) is 0 Å². The molecule has 1 aromatic heterocycles. The number of phenolic OH excluding ortho intramolecular Hbond substituents is 1. The molecule has 0 spiro atoms. The lowest BCUT2D eigenvalue weighted by molar-refractivity contribution is 0.471. The predicted molar refractivity (Wildman–Crippen MR) is 70.8 cm³/mol. The van der Waals surface area contributed by atoms with Crippen molar-refractivity contribution in [1.29, 1.82) is 0 Å². The number of aromatic hydroxyl groups is 1. The fraction of sp³-hybridized carbons (Fsp3) is 0.143. The van der Waals surface area contributed by atoms with Crippen molar-refractivity contribution in [3.63, 3.8) is 0 Å². The maximum Gasteiger partial charge on any atom is 0.118 e. The van der Waals surface area contributed by atoms with Crippen LogP contribution in [0, 0.1) is 13.8 Å². The van der Waals surface area contributed by atoms with Crippen LogP contribution in [0.3, 0.4) is 0 Å². The first-order valence-corrected chi connectivity index (χ1v) is 6.06. The minimum absolute atomic E-state index is 0.351. The van der Waals surface area contributed by atoms with Crippen molar-refractivity contribution in [1.82, 2.24) is 0 Å². The van der Waals surface area contributed by atoms with Gasteiger partial charge in [0.1, 0.15) is 5.75 Å². The molecule has 0 atom stereocenters. The molecule has 0 amide bonds. The molecule has 0 saturated heterocycles. The van der Waals surface area contributed by atoms with Crippen LogP contribution in [-0.4, -0.2) is 5.11 Å². The molecule has 2 heteroatoms. The van der Waals surface area contributed by atoms with Crippen molar-refractivity contribution >= 4 is 23.5 Å².